The Morgan fingerprint density at radius 1 is 0.810 bits per heavy atom. The van der Waals surface area contributed by atoms with Gasteiger partial charge in [-0.15, -0.1) is 0 Å². The van der Waals surface area contributed by atoms with Gasteiger partial charge in [-0.1, -0.05) is 42.5 Å². The van der Waals surface area contributed by atoms with E-state index in [4.69, 9.17) is 9.15 Å². The van der Waals surface area contributed by atoms with Crippen molar-refractivity contribution in [2.75, 3.05) is 7.11 Å². The van der Waals surface area contributed by atoms with E-state index in [9.17, 15) is 0 Å². The molecule has 2 heteroatoms. The second kappa shape index (κ2) is 5.88. The normalized spacial score (nSPS) is 12.1. The van der Waals surface area contributed by atoms with E-state index in [2.05, 4.69) is 42.5 Å². The number of furan rings is 1. The van der Waals surface area contributed by atoms with Gasteiger partial charge in [-0.3, -0.25) is 0 Å². The highest BCUT2D eigenvalue weighted by atomic mass is 16.5. The summed E-state index contributed by atoms with van der Waals surface area (Å²) in [6, 6.07) is 22.6. The number of ether oxygens (including phenoxy) is 1. The fourth-order valence-electron chi connectivity index (χ4n) is 2.57. The molecular weight excluding hydrogens is 260 g/mol. The summed E-state index contributed by atoms with van der Waals surface area (Å²) in [5.74, 6) is 2.86. The lowest BCUT2D eigenvalue weighted by molar-refractivity contribution is 0.414. The Kier molecular flexibility index (Phi) is 3.78. The molecule has 0 N–H and O–H groups in total. The zero-order chi connectivity index (χ0) is 14.7. The number of hydrogen-bond donors (Lipinski definition) is 0. The van der Waals surface area contributed by atoms with Crippen LogP contribution in [-0.2, 0) is 0 Å². The van der Waals surface area contributed by atoms with Gasteiger partial charge in [-0.25, -0.2) is 0 Å². The minimum atomic E-state index is 0.103. The third-order valence-electron chi connectivity index (χ3n) is 3.63. The van der Waals surface area contributed by atoms with Crippen molar-refractivity contribution in [3.05, 3.63) is 89.4 Å². The maximum atomic E-state index is 5.88. The summed E-state index contributed by atoms with van der Waals surface area (Å²) in [6.07, 6.45) is 0. The van der Waals surface area contributed by atoms with E-state index in [1.807, 2.05) is 31.2 Å². The molecule has 3 rings (SSSR count). The molecule has 21 heavy (non-hydrogen) atoms. The maximum Gasteiger partial charge on any atom is 0.118 e. The van der Waals surface area contributed by atoms with Crippen LogP contribution in [0.5, 0.6) is 5.75 Å². The number of hydrogen-bond acceptors (Lipinski definition) is 2. The first-order valence-electron chi connectivity index (χ1n) is 7.03. The summed E-state index contributed by atoms with van der Waals surface area (Å²) in [5.41, 5.74) is 2.41. The van der Waals surface area contributed by atoms with Crippen LogP contribution in [0.3, 0.4) is 0 Å². The standard InChI is InChI=1S/C19H18O2/c1-14-8-13-18(21-14)19(15-6-4-3-5-7-15)16-9-11-17(20-2)12-10-16/h3-13,19H,1-2H3. The Labute approximate surface area is 125 Å². The van der Waals surface area contributed by atoms with Gasteiger partial charge < -0.3 is 9.15 Å². The Balaban J connectivity index is 2.07. The first-order valence-corrected chi connectivity index (χ1v) is 7.03. The number of aryl methyl sites for hydroxylation is 1. The molecule has 0 bridgehead atoms. The zero-order valence-corrected chi connectivity index (χ0v) is 12.2. The third-order valence-corrected chi connectivity index (χ3v) is 3.63. The van der Waals surface area contributed by atoms with E-state index in [1.165, 1.54) is 11.1 Å². The van der Waals surface area contributed by atoms with Gasteiger partial charge in [0, 0.05) is 0 Å². The topological polar surface area (TPSA) is 22.4 Å². The molecule has 3 aromatic rings. The van der Waals surface area contributed by atoms with E-state index >= 15 is 0 Å². The minimum absolute atomic E-state index is 0.103. The van der Waals surface area contributed by atoms with E-state index in [0.29, 0.717) is 0 Å². The van der Waals surface area contributed by atoms with Gasteiger partial charge in [0.15, 0.2) is 0 Å². The molecule has 1 aromatic heterocycles. The van der Waals surface area contributed by atoms with Crippen LogP contribution < -0.4 is 4.74 Å². The largest absolute Gasteiger partial charge is 0.497 e. The molecular formula is C19H18O2. The van der Waals surface area contributed by atoms with Crippen LogP contribution in [0.4, 0.5) is 0 Å². The van der Waals surface area contributed by atoms with E-state index in [1.54, 1.807) is 7.11 Å². The van der Waals surface area contributed by atoms with Gasteiger partial charge in [-0.05, 0) is 42.3 Å². The molecule has 1 heterocycles. The van der Waals surface area contributed by atoms with Gasteiger partial charge in [0.2, 0.25) is 0 Å². The van der Waals surface area contributed by atoms with Crippen molar-refractivity contribution in [1.82, 2.24) is 0 Å². The number of benzene rings is 2. The summed E-state index contributed by atoms with van der Waals surface area (Å²) in [4.78, 5) is 0. The van der Waals surface area contributed by atoms with Crippen LogP contribution in [0.25, 0.3) is 0 Å². The van der Waals surface area contributed by atoms with Crippen LogP contribution in [0.1, 0.15) is 28.6 Å². The fourth-order valence-corrected chi connectivity index (χ4v) is 2.57. The number of methoxy groups -OCH3 is 1. The van der Waals surface area contributed by atoms with Crippen molar-refractivity contribution >= 4 is 0 Å². The quantitative estimate of drug-likeness (QED) is 0.685. The molecule has 106 valence electrons. The van der Waals surface area contributed by atoms with Crippen LogP contribution in [-0.4, -0.2) is 7.11 Å². The molecule has 2 nitrogen and oxygen atoms in total. The monoisotopic (exact) mass is 278 g/mol. The smallest absolute Gasteiger partial charge is 0.118 e. The van der Waals surface area contributed by atoms with E-state index in [-0.39, 0.29) is 5.92 Å². The van der Waals surface area contributed by atoms with Crippen molar-refractivity contribution in [2.24, 2.45) is 0 Å². The summed E-state index contributed by atoms with van der Waals surface area (Å²) >= 11 is 0. The molecule has 0 saturated carbocycles. The van der Waals surface area contributed by atoms with Crippen LogP contribution >= 0.6 is 0 Å². The highest BCUT2D eigenvalue weighted by Crippen LogP contribution is 2.33. The lowest BCUT2D eigenvalue weighted by atomic mass is 9.89. The first-order chi connectivity index (χ1) is 10.3. The highest BCUT2D eigenvalue weighted by Gasteiger charge is 2.19. The van der Waals surface area contributed by atoms with Gasteiger partial charge in [0.25, 0.3) is 0 Å². The summed E-state index contributed by atoms with van der Waals surface area (Å²) in [6.45, 7) is 1.97. The fraction of sp³-hybridized carbons (Fsp3) is 0.158. The number of rotatable bonds is 4. The first kappa shape index (κ1) is 13.5. The molecule has 0 spiro atoms. The van der Waals surface area contributed by atoms with Gasteiger partial charge in [0.05, 0.1) is 13.0 Å². The molecule has 1 unspecified atom stereocenters. The van der Waals surface area contributed by atoms with E-state index in [0.717, 1.165) is 17.3 Å². The molecule has 0 fully saturated rings. The average molecular weight is 278 g/mol. The molecule has 0 aliphatic carbocycles. The Hall–Kier alpha value is -2.48. The Morgan fingerprint density at radius 2 is 1.48 bits per heavy atom. The van der Waals surface area contributed by atoms with Gasteiger partial charge in [0.1, 0.15) is 17.3 Å². The Morgan fingerprint density at radius 3 is 2.05 bits per heavy atom. The molecule has 0 radical (unpaired) electrons. The average Bonchev–Trinajstić information content (AvgIpc) is 2.95. The summed E-state index contributed by atoms with van der Waals surface area (Å²) in [7, 11) is 1.68. The Bertz CT molecular complexity index is 696. The molecule has 1 atom stereocenters. The molecule has 0 aliphatic rings. The van der Waals surface area contributed by atoms with Crippen molar-refractivity contribution in [2.45, 2.75) is 12.8 Å². The molecule has 0 saturated heterocycles. The minimum Gasteiger partial charge on any atom is -0.497 e. The summed E-state index contributed by atoms with van der Waals surface area (Å²) in [5, 5.41) is 0. The predicted octanol–water partition coefficient (Wildman–Crippen LogP) is 4.78. The second-order valence-corrected chi connectivity index (χ2v) is 5.07. The van der Waals surface area contributed by atoms with Gasteiger partial charge >= 0.3 is 0 Å². The SMILES string of the molecule is COc1ccc(C(c2ccccc2)c2ccc(C)o2)cc1. The van der Waals surface area contributed by atoms with Crippen molar-refractivity contribution in [3.8, 4) is 5.75 Å². The second-order valence-electron chi connectivity index (χ2n) is 5.07. The predicted molar refractivity (Wildman–Crippen MR) is 83.8 cm³/mol. The summed E-state index contributed by atoms with van der Waals surface area (Å²) < 4.78 is 11.1. The third kappa shape index (κ3) is 2.84. The van der Waals surface area contributed by atoms with Crippen LogP contribution in [0.2, 0.25) is 0 Å². The molecule has 0 amide bonds. The van der Waals surface area contributed by atoms with Crippen LogP contribution in [0.15, 0.2) is 71.1 Å². The van der Waals surface area contributed by atoms with Crippen molar-refractivity contribution < 1.29 is 9.15 Å². The maximum absolute atomic E-state index is 5.88. The lowest BCUT2D eigenvalue weighted by Crippen LogP contribution is -2.02. The lowest BCUT2D eigenvalue weighted by Gasteiger charge is -2.16. The molecule has 2 aromatic carbocycles. The van der Waals surface area contributed by atoms with Crippen molar-refractivity contribution in [3.63, 3.8) is 0 Å². The van der Waals surface area contributed by atoms with Gasteiger partial charge in [-0.2, -0.15) is 0 Å². The molecule has 0 aliphatic heterocycles. The van der Waals surface area contributed by atoms with Crippen LogP contribution in [0, 0.1) is 6.92 Å². The zero-order valence-electron chi connectivity index (χ0n) is 12.2. The highest BCUT2D eigenvalue weighted by molar-refractivity contribution is 5.41. The van der Waals surface area contributed by atoms with E-state index < -0.39 is 0 Å². The van der Waals surface area contributed by atoms with Crippen molar-refractivity contribution in [1.29, 1.82) is 0 Å².